The lowest BCUT2D eigenvalue weighted by Gasteiger charge is -2.34. The number of halogens is 2. The van der Waals surface area contributed by atoms with E-state index in [0.29, 0.717) is 11.4 Å². The largest absolute Gasteiger partial charge is 0.352 e. The number of carbonyl (C=O) groups is 2. The minimum atomic E-state index is -3.93. The molecule has 40 heavy (non-hydrogen) atoms. The zero-order valence-electron chi connectivity index (χ0n) is 23.1. The van der Waals surface area contributed by atoms with Crippen molar-refractivity contribution in [3.05, 3.63) is 99.5 Å². The van der Waals surface area contributed by atoms with Gasteiger partial charge in [0, 0.05) is 24.0 Å². The first kappa shape index (κ1) is 31.5. The van der Waals surface area contributed by atoms with Crippen molar-refractivity contribution in [1.29, 1.82) is 0 Å². The van der Waals surface area contributed by atoms with E-state index in [2.05, 4.69) is 5.32 Å². The summed E-state index contributed by atoms with van der Waals surface area (Å²) < 4.78 is 26.7. The molecule has 0 saturated heterocycles. The van der Waals surface area contributed by atoms with Crippen LogP contribution in [0.25, 0.3) is 0 Å². The van der Waals surface area contributed by atoms with Gasteiger partial charge in [-0.05, 0) is 49.6 Å². The molecule has 0 fully saturated rings. The van der Waals surface area contributed by atoms with Crippen LogP contribution in [0.15, 0.2) is 72.8 Å². The van der Waals surface area contributed by atoms with Gasteiger partial charge in [0.2, 0.25) is 21.8 Å². The van der Waals surface area contributed by atoms with Crippen LogP contribution in [-0.4, -0.2) is 50.0 Å². The first-order valence-electron chi connectivity index (χ1n) is 13.0. The van der Waals surface area contributed by atoms with Crippen LogP contribution >= 0.6 is 23.2 Å². The van der Waals surface area contributed by atoms with Crippen molar-refractivity contribution in [1.82, 2.24) is 10.2 Å². The SMILES string of the molecule is CCC(C)NC(=O)C(Cc1ccccc1)N(Cc1ccc(C)cc1)C(=O)CN(c1ccc(Cl)cc1Cl)S(C)(=O)=O. The molecule has 2 unspecified atom stereocenters. The van der Waals surface area contributed by atoms with Crippen molar-refractivity contribution in [3.8, 4) is 0 Å². The molecule has 0 aromatic heterocycles. The highest BCUT2D eigenvalue weighted by molar-refractivity contribution is 7.92. The van der Waals surface area contributed by atoms with Crippen LogP contribution in [0.3, 0.4) is 0 Å². The van der Waals surface area contributed by atoms with Crippen molar-refractivity contribution in [3.63, 3.8) is 0 Å². The summed E-state index contributed by atoms with van der Waals surface area (Å²) >= 11 is 12.4. The molecule has 0 radical (unpaired) electrons. The molecule has 0 aliphatic carbocycles. The second-order valence-corrected chi connectivity index (χ2v) is 12.6. The van der Waals surface area contributed by atoms with E-state index >= 15 is 0 Å². The highest BCUT2D eigenvalue weighted by Gasteiger charge is 2.33. The summed E-state index contributed by atoms with van der Waals surface area (Å²) in [6, 6.07) is 20.5. The van der Waals surface area contributed by atoms with Gasteiger partial charge in [0.05, 0.1) is 17.0 Å². The van der Waals surface area contributed by atoms with E-state index in [1.807, 2.05) is 75.4 Å². The van der Waals surface area contributed by atoms with Crippen molar-refractivity contribution in [2.24, 2.45) is 0 Å². The number of hydrogen-bond donors (Lipinski definition) is 1. The third kappa shape index (κ3) is 8.71. The summed E-state index contributed by atoms with van der Waals surface area (Å²) in [6.07, 6.45) is 1.97. The first-order chi connectivity index (χ1) is 18.9. The molecular formula is C30H35Cl2N3O4S. The average molecular weight is 605 g/mol. The molecule has 214 valence electrons. The van der Waals surface area contributed by atoms with E-state index in [4.69, 9.17) is 23.2 Å². The van der Waals surface area contributed by atoms with E-state index in [1.54, 1.807) is 0 Å². The predicted molar refractivity (Wildman–Crippen MR) is 162 cm³/mol. The van der Waals surface area contributed by atoms with E-state index in [1.165, 1.54) is 23.1 Å². The van der Waals surface area contributed by atoms with Crippen LogP contribution < -0.4 is 9.62 Å². The van der Waals surface area contributed by atoms with Crippen LogP contribution in [0.2, 0.25) is 10.0 Å². The highest BCUT2D eigenvalue weighted by atomic mass is 35.5. The monoisotopic (exact) mass is 603 g/mol. The number of aryl methyl sites for hydroxylation is 1. The van der Waals surface area contributed by atoms with Gasteiger partial charge in [-0.3, -0.25) is 13.9 Å². The van der Waals surface area contributed by atoms with E-state index in [9.17, 15) is 18.0 Å². The third-order valence-electron chi connectivity index (χ3n) is 6.60. The quantitative estimate of drug-likeness (QED) is 0.291. The van der Waals surface area contributed by atoms with Gasteiger partial charge in [-0.15, -0.1) is 0 Å². The smallest absolute Gasteiger partial charge is 0.244 e. The Morgan fingerprint density at radius 2 is 1.60 bits per heavy atom. The Balaban J connectivity index is 2.07. The van der Waals surface area contributed by atoms with Gasteiger partial charge in [0.25, 0.3) is 0 Å². The molecule has 1 N–H and O–H groups in total. The summed E-state index contributed by atoms with van der Waals surface area (Å²) in [5.74, 6) is -0.855. The first-order valence-corrected chi connectivity index (χ1v) is 15.6. The van der Waals surface area contributed by atoms with Crippen LogP contribution in [-0.2, 0) is 32.6 Å². The van der Waals surface area contributed by atoms with Gasteiger partial charge in [0.15, 0.2) is 0 Å². The Bertz CT molecular complexity index is 1420. The van der Waals surface area contributed by atoms with Crippen LogP contribution in [0.4, 0.5) is 5.69 Å². The summed E-state index contributed by atoms with van der Waals surface area (Å²) in [4.78, 5) is 29.2. The van der Waals surface area contributed by atoms with Crippen LogP contribution in [0.5, 0.6) is 0 Å². The fourth-order valence-electron chi connectivity index (χ4n) is 4.16. The standard InChI is InChI=1S/C30H35Cl2N3O4S/c1-5-22(3)33-30(37)28(17-23-9-7-6-8-10-23)34(19-24-13-11-21(2)12-14-24)29(36)20-35(40(4,38)39)27-16-15-25(31)18-26(27)32/h6-16,18,22,28H,5,17,19-20H2,1-4H3,(H,33,37). The van der Waals surface area contributed by atoms with E-state index < -0.39 is 28.5 Å². The molecule has 0 aliphatic rings. The molecule has 0 saturated carbocycles. The summed E-state index contributed by atoms with van der Waals surface area (Å²) in [6.45, 7) is 5.39. The molecule has 7 nitrogen and oxygen atoms in total. The number of sulfonamides is 1. The molecule has 0 spiro atoms. The second kappa shape index (κ2) is 14.0. The lowest BCUT2D eigenvalue weighted by molar-refractivity contribution is -0.140. The van der Waals surface area contributed by atoms with Crippen LogP contribution in [0, 0.1) is 6.92 Å². The van der Waals surface area contributed by atoms with Gasteiger partial charge in [-0.25, -0.2) is 8.42 Å². The topological polar surface area (TPSA) is 86.8 Å². The van der Waals surface area contributed by atoms with Crippen molar-refractivity contribution < 1.29 is 18.0 Å². The number of anilines is 1. The lowest BCUT2D eigenvalue weighted by Crippen LogP contribution is -2.54. The fourth-order valence-corrected chi connectivity index (χ4v) is 5.59. The minimum Gasteiger partial charge on any atom is -0.352 e. The molecule has 0 bridgehead atoms. The zero-order valence-corrected chi connectivity index (χ0v) is 25.4. The molecule has 0 aliphatic heterocycles. The molecule has 2 atom stereocenters. The summed E-state index contributed by atoms with van der Waals surface area (Å²) in [7, 11) is -3.93. The minimum absolute atomic E-state index is 0.0890. The van der Waals surface area contributed by atoms with E-state index in [0.717, 1.165) is 27.3 Å². The molecule has 3 aromatic carbocycles. The third-order valence-corrected chi connectivity index (χ3v) is 8.27. The number of rotatable bonds is 12. The van der Waals surface area contributed by atoms with E-state index in [-0.39, 0.29) is 35.6 Å². The van der Waals surface area contributed by atoms with Crippen LogP contribution in [0.1, 0.15) is 37.0 Å². The maximum Gasteiger partial charge on any atom is 0.244 e. The normalized spacial score (nSPS) is 12.8. The number of hydrogen-bond acceptors (Lipinski definition) is 4. The zero-order chi connectivity index (χ0) is 29.4. The summed E-state index contributed by atoms with van der Waals surface area (Å²) in [5.41, 5.74) is 2.86. The summed E-state index contributed by atoms with van der Waals surface area (Å²) in [5, 5.41) is 3.43. The number of carbonyl (C=O) groups excluding carboxylic acids is 2. The highest BCUT2D eigenvalue weighted by Crippen LogP contribution is 2.30. The van der Waals surface area contributed by atoms with Gasteiger partial charge in [-0.1, -0.05) is 90.3 Å². The molecule has 3 aromatic rings. The number of nitrogens with zero attached hydrogens (tertiary/aromatic N) is 2. The predicted octanol–water partition coefficient (Wildman–Crippen LogP) is 5.62. The Morgan fingerprint density at radius 3 is 2.17 bits per heavy atom. The van der Waals surface area contributed by atoms with Crippen molar-refractivity contribution >= 4 is 50.7 Å². The van der Waals surface area contributed by atoms with Gasteiger partial charge >= 0.3 is 0 Å². The molecule has 10 heteroatoms. The number of amides is 2. The molecular weight excluding hydrogens is 569 g/mol. The maximum absolute atomic E-state index is 14.1. The van der Waals surface area contributed by atoms with Gasteiger partial charge < -0.3 is 10.2 Å². The Morgan fingerprint density at radius 1 is 0.950 bits per heavy atom. The second-order valence-electron chi connectivity index (χ2n) is 9.90. The molecule has 2 amide bonds. The molecule has 3 rings (SSSR count). The number of nitrogens with one attached hydrogen (secondary N) is 1. The number of benzene rings is 3. The Hall–Kier alpha value is -3.07. The Kier molecular flexibility index (Phi) is 11.0. The maximum atomic E-state index is 14.1. The van der Waals surface area contributed by atoms with Gasteiger partial charge in [-0.2, -0.15) is 0 Å². The van der Waals surface area contributed by atoms with Crippen molar-refractivity contribution in [2.45, 2.75) is 52.2 Å². The average Bonchev–Trinajstić information content (AvgIpc) is 2.90. The Labute approximate surface area is 247 Å². The molecule has 0 heterocycles. The van der Waals surface area contributed by atoms with Crippen molar-refractivity contribution in [2.75, 3.05) is 17.1 Å². The van der Waals surface area contributed by atoms with Gasteiger partial charge in [0.1, 0.15) is 12.6 Å². The lowest BCUT2D eigenvalue weighted by atomic mass is 10.0. The fraction of sp³-hybridized carbons (Fsp3) is 0.333.